The molecule has 0 saturated carbocycles. The van der Waals surface area contributed by atoms with Crippen molar-refractivity contribution in [3.8, 4) is 0 Å². The van der Waals surface area contributed by atoms with Crippen molar-refractivity contribution >= 4 is 47.2 Å². The Kier molecular flexibility index (Phi) is 10.4. The zero-order valence-corrected chi connectivity index (χ0v) is 16.0. The van der Waals surface area contributed by atoms with Gasteiger partial charge in [-0.2, -0.15) is 11.3 Å². The Morgan fingerprint density at radius 2 is 2.05 bits per heavy atom. The summed E-state index contributed by atoms with van der Waals surface area (Å²) in [6.07, 6.45) is 0. The topological polar surface area (TPSA) is 62.7 Å². The van der Waals surface area contributed by atoms with Crippen LogP contribution in [0.5, 0.6) is 0 Å². The number of nitrogens with one attached hydrogen (secondary N) is 2. The minimum atomic E-state index is -0.223. The van der Waals surface area contributed by atoms with E-state index in [0.717, 1.165) is 6.54 Å². The van der Waals surface area contributed by atoms with Gasteiger partial charge in [-0.1, -0.05) is 13.8 Å². The summed E-state index contributed by atoms with van der Waals surface area (Å²) < 4.78 is 4.69. The first-order valence-corrected chi connectivity index (χ1v) is 7.57. The van der Waals surface area contributed by atoms with Crippen molar-refractivity contribution in [2.45, 2.75) is 19.8 Å². The lowest BCUT2D eigenvalue weighted by molar-refractivity contribution is -0.144. The predicted molar refractivity (Wildman–Crippen MR) is 98.7 cm³/mol. The number of halogens is 1. The van der Waals surface area contributed by atoms with Gasteiger partial charge in [0.15, 0.2) is 5.96 Å². The molecule has 2 atom stereocenters. The number of rotatable bonds is 6. The number of hydrogen-bond donors (Lipinski definition) is 2. The third-order valence-electron chi connectivity index (χ3n) is 3.09. The van der Waals surface area contributed by atoms with Gasteiger partial charge in [0.05, 0.1) is 13.0 Å². The molecule has 21 heavy (non-hydrogen) atoms. The van der Waals surface area contributed by atoms with Crippen molar-refractivity contribution in [3.63, 3.8) is 0 Å². The molecule has 1 rings (SSSR count). The molecule has 1 aromatic rings. The van der Waals surface area contributed by atoms with Gasteiger partial charge in [-0.3, -0.25) is 9.79 Å². The number of hydrogen-bond acceptors (Lipinski definition) is 4. The molecule has 1 aromatic heterocycles. The number of ether oxygens (including phenoxy) is 1. The minimum absolute atomic E-state index is 0. The molecule has 1 heterocycles. The maximum Gasteiger partial charge on any atom is 0.310 e. The van der Waals surface area contributed by atoms with Crippen LogP contribution in [-0.2, 0) is 9.53 Å². The molecular weight excluding hydrogens is 401 g/mol. The molecule has 2 unspecified atom stereocenters. The number of esters is 1. The van der Waals surface area contributed by atoms with E-state index in [-0.39, 0.29) is 35.9 Å². The van der Waals surface area contributed by atoms with Crippen LogP contribution < -0.4 is 10.6 Å². The van der Waals surface area contributed by atoms with Gasteiger partial charge in [-0.15, -0.1) is 24.0 Å². The van der Waals surface area contributed by atoms with Crippen LogP contribution in [0, 0.1) is 5.92 Å². The summed E-state index contributed by atoms with van der Waals surface area (Å²) in [4.78, 5) is 15.5. The Hall–Kier alpha value is -0.830. The first-order chi connectivity index (χ1) is 9.58. The van der Waals surface area contributed by atoms with Gasteiger partial charge in [-0.25, -0.2) is 0 Å². The molecule has 0 aliphatic carbocycles. The Morgan fingerprint density at radius 3 is 2.57 bits per heavy atom. The molecule has 120 valence electrons. The summed E-state index contributed by atoms with van der Waals surface area (Å²) in [6, 6.07) is 2.13. The zero-order chi connectivity index (χ0) is 15.0. The summed E-state index contributed by atoms with van der Waals surface area (Å²) in [7, 11) is 3.11. The monoisotopic (exact) mass is 425 g/mol. The lowest BCUT2D eigenvalue weighted by atomic mass is 10.1. The summed E-state index contributed by atoms with van der Waals surface area (Å²) in [5, 5.41) is 10.6. The Balaban J connectivity index is 0.00000400. The van der Waals surface area contributed by atoms with Crippen LogP contribution in [-0.4, -0.2) is 39.2 Å². The average molecular weight is 425 g/mol. The van der Waals surface area contributed by atoms with E-state index in [2.05, 4.69) is 44.1 Å². The molecular formula is C14H24IN3O2S. The molecule has 0 saturated heterocycles. The van der Waals surface area contributed by atoms with Crippen LogP contribution in [0.1, 0.15) is 25.3 Å². The molecule has 0 aromatic carbocycles. The van der Waals surface area contributed by atoms with Crippen LogP contribution in [0.15, 0.2) is 21.8 Å². The summed E-state index contributed by atoms with van der Waals surface area (Å²) in [6.45, 7) is 5.28. The number of nitrogens with zero attached hydrogens (tertiary/aromatic N) is 1. The molecule has 2 N–H and O–H groups in total. The van der Waals surface area contributed by atoms with E-state index < -0.39 is 0 Å². The maximum absolute atomic E-state index is 11.3. The Morgan fingerprint density at radius 1 is 1.38 bits per heavy atom. The molecule has 0 fully saturated rings. The van der Waals surface area contributed by atoms with Gasteiger partial charge in [0.25, 0.3) is 0 Å². The van der Waals surface area contributed by atoms with E-state index in [0.29, 0.717) is 18.4 Å². The van der Waals surface area contributed by atoms with Crippen LogP contribution >= 0.6 is 35.3 Å². The van der Waals surface area contributed by atoms with Gasteiger partial charge < -0.3 is 15.4 Å². The van der Waals surface area contributed by atoms with Gasteiger partial charge >= 0.3 is 5.97 Å². The van der Waals surface area contributed by atoms with E-state index in [4.69, 9.17) is 0 Å². The number of carbonyl (C=O) groups excluding carboxylic acids is 1. The molecule has 5 nitrogen and oxygen atoms in total. The molecule has 0 aliphatic rings. The third kappa shape index (κ3) is 7.12. The molecule has 0 aliphatic heterocycles. The number of carbonyl (C=O) groups is 1. The van der Waals surface area contributed by atoms with E-state index >= 15 is 0 Å². The summed E-state index contributed by atoms with van der Waals surface area (Å²) in [5.74, 6) is 0.688. The number of thiophene rings is 1. The second kappa shape index (κ2) is 10.8. The van der Waals surface area contributed by atoms with Crippen molar-refractivity contribution in [3.05, 3.63) is 22.4 Å². The quantitative estimate of drug-likeness (QED) is 0.318. The number of aliphatic imine (C=N–C) groups is 1. The molecule has 7 heteroatoms. The van der Waals surface area contributed by atoms with Crippen molar-refractivity contribution in [2.24, 2.45) is 10.9 Å². The Labute approximate surface area is 147 Å². The van der Waals surface area contributed by atoms with E-state index in [1.54, 1.807) is 18.4 Å². The molecule has 0 bridgehead atoms. The van der Waals surface area contributed by atoms with Crippen LogP contribution in [0.4, 0.5) is 0 Å². The standard InChI is InChI=1S/C14H23N3O2S.HI/c1-10(12-5-6-20-9-12)7-16-14(15-3)17-8-11(2)13(18)19-4;/h5-6,9-11H,7-8H2,1-4H3,(H2,15,16,17);1H. The second-order valence-corrected chi connectivity index (χ2v) is 5.50. The predicted octanol–water partition coefficient (Wildman–Crippen LogP) is 2.44. The lowest BCUT2D eigenvalue weighted by Gasteiger charge is -2.17. The van der Waals surface area contributed by atoms with Crippen LogP contribution in [0.2, 0.25) is 0 Å². The highest BCUT2D eigenvalue weighted by molar-refractivity contribution is 14.0. The number of guanidine groups is 1. The Bertz CT molecular complexity index is 437. The normalized spacial score (nSPS) is 13.8. The minimum Gasteiger partial charge on any atom is -0.469 e. The summed E-state index contributed by atoms with van der Waals surface area (Å²) in [5.41, 5.74) is 1.32. The largest absolute Gasteiger partial charge is 0.469 e. The molecule has 0 spiro atoms. The molecule has 0 amide bonds. The first-order valence-electron chi connectivity index (χ1n) is 6.63. The van der Waals surface area contributed by atoms with Gasteiger partial charge in [-0.05, 0) is 28.3 Å². The fourth-order valence-corrected chi connectivity index (χ4v) is 2.46. The molecule has 0 radical (unpaired) electrons. The highest BCUT2D eigenvalue weighted by Crippen LogP contribution is 2.16. The number of methoxy groups -OCH3 is 1. The summed E-state index contributed by atoms with van der Waals surface area (Å²) >= 11 is 1.70. The van der Waals surface area contributed by atoms with E-state index in [1.165, 1.54) is 12.7 Å². The van der Waals surface area contributed by atoms with Crippen LogP contribution in [0.25, 0.3) is 0 Å². The van der Waals surface area contributed by atoms with Gasteiger partial charge in [0.2, 0.25) is 0 Å². The van der Waals surface area contributed by atoms with E-state index in [1.807, 2.05) is 6.92 Å². The van der Waals surface area contributed by atoms with E-state index in [9.17, 15) is 4.79 Å². The fraction of sp³-hybridized carbons (Fsp3) is 0.571. The van der Waals surface area contributed by atoms with Crippen molar-refractivity contribution in [1.29, 1.82) is 0 Å². The smallest absolute Gasteiger partial charge is 0.310 e. The maximum atomic E-state index is 11.3. The SMILES string of the molecule is CN=C(NCC(C)C(=O)OC)NCC(C)c1ccsc1.I. The van der Waals surface area contributed by atoms with Crippen molar-refractivity contribution < 1.29 is 9.53 Å². The van der Waals surface area contributed by atoms with Crippen LogP contribution in [0.3, 0.4) is 0 Å². The third-order valence-corrected chi connectivity index (χ3v) is 3.79. The highest BCUT2D eigenvalue weighted by atomic mass is 127. The first kappa shape index (κ1) is 20.2. The average Bonchev–Trinajstić information content (AvgIpc) is 3.00. The van der Waals surface area contributed by atoms with Crippen molar-refractivity contribution in [1.82, 2.24) is 10.6 Å². The highest BCUT2D eigenvalue weighted by Gasteiger charge is 2.13. The van der Waals surface area contributed by atoms with Gasteiger partial charge in [0.1, 0.15) is 0 Å². The fourth-order valence-electron chi connectivity index (χ4n) is 1.68. The second-order valence-electron chi connectivity index (χ2n) is 4.72. The van der Waals surface area contributed by atoms with Gasteiger partial charge in [0, 0.05) is 20.1 Å². The zero-order valence-electron chi connectivity index (χ0n) is 12.9. The lowest BCUT2D eigenvalue weighted by Crippen LogP contribution is -2.42. The van der Waals surface area contributed by atoms with Crippen molar-refractivity contribution in [2.75, 3.05) is 27.2 Å².